The van der Waals surface area contributed by atoms with Crippen molar-refractivity contribution in [1.29, 1.82) is 0 Å². The van der Waals surface area contributed by atoms with Gasteiger partial charge in [-0.05, 0) is 0 Å². The van der Waals surface area contributed by atoms with Gasteiger partial charge in [0.2, 0.25) is 5.91 Å². The molecule has 0 aliphatic heterocycles. The fourth-order valence-corrected chi connectivity index (χ4v) is 0.467. The van der Waals surface area contributed by atoms with Gasteiger partial charge in [0.25, 0.3) is 0 Å². The zero-order valence-corrected chi connectivity index (χ0v) is 5.97. The van der Waals surface area contributed by atoms with Crippen molar-refractivity contribution in [3.8, 4) is 0 Å². The van der Waals surface area contributed by atoms with Crippen LogP contribution < -0.4 is 5.32 Å². The van der Waals surface area contributed by atoms with Crippen molar-refractivity contribution < 1.29 is 4.79 Å². The van der Waals surface area contributed by atoms with Gasteiger partial charge in [-0.15, -0.1) is 0 Å². The zero-order chi connectivity index (χ0) is 6.57. The summed E-state index contributed by atoms with van der Waals surface area (Å²) in [6.07, 6.45) is 0.132. The van der Waals surface area contributed by atoms with Gasteiger partial charge in [-0.3, -0.25) is 4.79 Å². The Balaban J connectivity index is 3.40. The molecule has 0 aliphatic rings. The van der Waals surface area contributed by atoms with Crippen LogP contribution in [0.1, 0.15) is 6.42 Å². The number of nitrogens with one attached hydrogen (secondary N) is 1. The molecular formula is C4H6ClNOS. The first kappa shape index (κ1) is 7.85. The smallest absolute Gasteiger partial charge is 0.225 e. The Morgan fingerprint density at radius 1 is 1.88 bits per heavy atom. The monoisotopic (exact) mass is 151 g/mol. The summed E-state index contributed by atoms with van der Waals surface area (Å²) in [5.74, 6) is -0.148. The Hall–Kier alpha value is -0.150. The van der Waals surface area contributed by atoms with Crippen LogP contribution in [-0.4, -0.2) is 17.3 Å². The number of hydrogen-bond acceptors (Lipinski definition) is 2. The summed E-state index contributed by atoms with van der Waals surface area (Å²) in [5, 5.41) is 2.39. The fraction of sp³-hybridized carbons (Fsp3) is 0.500. The molecule has 0 aromatic heterocycles. The van der Waals surface area contributed by atoms with Crippen molar-refractivity contribution in [3.05, 3.63) is 0 Å². The lowest BCUT2D eigenvalue weighted by molar-refractivity contribution is -0.119. The average Bonchev–Trinajstić information content (AvgIpc) is 1.65. The maximum Gasteiger partial charge on any atom is 0.225 e. The summed E-state index contributed by atoms with van der Waals surface area (Å²) in [5.41, 5.74) is 0. The molecule has 0 fully saturated rings. The van der Waals surface area contributed by atoms with Crippen LogP contribution in [0.25, 0.3) is 0 Å². The minimum atomic E-state index is -0.148. The Morgan fingerprint density at radius 3 is 2.50 bits per heavy atom. The molecule has 0 saturated carbocycles. The summed E-state index contributed by atoms with van der Waals surface area (Å²) in [7, 11) is 1.54. The van der Waals surface area contributed by atoms with Crippen molar-refractivity contribution in [3.63, 3.8) is 0 Å². The molecule has 0 rings (SSSR count). The Morgan fingerprint density at radius 2 is 2.38 bits per heavy atom. The molecule has 0 aromatic rings. The quantitative estimate of drug-likeness (QED) is 0.465. The SMILES string of the molecule is CNC(=O)CC(=S)Cl. The number of carbonyl (C=O) groups is 1. The minimum Gasteiger partial charge on any atom is -0.359 e. The van der Waals surface area contributed by atoms with Crippen molar-refractivity contribution in [2.45, 2.75) is 6.42 Å². The van der Waals surface area contributed by atoms with Gasteiger partial charge in [-0.25, -0.2) is 0 Å². The predicted octanol–water partition coefficient (Wildman–Crippen LogP) is 0.689. The molecule has 1 amide bonds. The molecule has 0 heterocycles. The van der Waals surface area contributed by atoms with Gasteiger partial charge in [0.15, 0.2) is 0 Å². The topological polar surface area (TPSA) is 29.1 Å². The highest BCUT2D eigenvalue weighted by Crippen LogP contribution is 1.90. The molecule has 1 N–H and O–H groups in total. The highest BCUT2D eigenvalue weighted by Gasteiger charge is 1.97. The maximum atomic E-state index is 10.3. The molecule has 0 saturated heterocycles. The summed E-state index contributed by atoms with van der Waals surface area (Å²) in [4.78, 5) is 10.3. The normalized spacial score (nSPS) is 8.25. The first-order valence-corrected chi connectivity index (χ1v) is 2.84. The van der Waals surface area contributed by atoms with Crippen molar-refractivity contribution in [1.82, 2.24) is 5.32 Å². The van der Waals surface area contributed by atoms with E-state index < -0.39 is 0 Å². The lowest BCUT2D eigenvalue weighted by Gasteiger charge is -1.91. The van der Waals surface area contributed by atoms with Crippen LogP contribution in [0, 0.1) is 0 Å². The molecule has 2 nitrogen and oxygen atoms in total. The molecule has 0 atom stereocenters. The number of rotatable bonds is 2. The van der Waals surface area contributed by atoms with Gasteiger partial charge in [-0.1, -0.05) is 23.8 Å². The van der Waals surface area contributed by atoms with Crippen LogP contribution in [0.5, 0.6) is 0 Å². The largest absolute Gasteiger partial charge is 0.359 e. The second-order valence-corrected chi connectivity index (χ2v) is 2.38. The summed E-state index contributed by atoms with van der Waals surface area (Å²) < 4.78 is 0.198. The molecule has 0 radical (unpaired) electrons. The number of thiocarbonyl (C=S) groups is 1. The van der Waals surface area contributed by atoms with E-state index in [1.165, 1.54) is 7.05 Å². The number of amides is 1. The third kappa shape index (κ3) is 4.02. The molecule has 0 bridgehead atoms. The van der Waals surface area contributed by atoms with E-state index in [4.69, 9.17) is 11.6 Å². The van der Waals surface area contributed by atoms with Crippen LogP contribution in [0.15, 0.2) is 0 Å². The minimum absolute atomic E-state index is 0.132. The van der Waals surface area contributed by atoms with Gasteiger partial charge >= 0.3 is 0 Å². The van der Waals surface area contributed by atoms with Crippen LogP contribution in [-0.2, 0) is 4.79 Å². The maximum absolute atomic E-state index is 10.3. The molecule has 8 heavy (non-hydrogen) atoms. The molecule has 46 valence electrons. The molecule has 4 heteroatoms. The highest BCUT2D eigenvalue weighted by atomic mass is 35.5. The van der Waals surface area contributed by atoms with Gasteiger partial charge in [0, 0.05) is 7.05 Å². The summed E-state index contributed by atoms with van der Waals surface area (Å²) in [6, 6.07) is 0. The molecule has 0 unspecified atom stereocenters. The first-order valence-electron chi connectivity index (χ1n) is 2.05. The number of hydrogen-bond donors (Lipinski definition) is 1. The molecule has 0 spiro atoms. The highest BCUT2D eigenvalue weighted by molar-refractivity contribution is 7.83. The van der Waals surface area contributed by atoms with Crippen LogP contribution in [0.2, 0.25) is 0 Å². The van der Waals surface area contributed by atoms with E-state index in [1.54, 1.807) is 0 Å². The third-order valence-corrected chi connectivity index (χ3v) is 0.856. The molecular weight excluding hydrogens is 146 g/mol. The second-order valence-electron chi connectivity index (χ2n) is 1.21. The predicted molar refractivity (Wildman–Crippen MR) is 37.1 cm³/mol. The van der Waals surface area contributed by atoms with Gasteiger partial charge in [0.05, 0.1) is 10.7 Å². The second kappa shape index (κ2) is 3.80. The Bertz CT molecular complexity index is 115. The van der Waals surface area contributed by atoms with E-state index in [0.29, 0.717) is 0 Å². The molecule has 0 aliphatic carbocycles. The number of carbonyl (C=O) groups excluding carboxylic acids is 1. The average molecular weight is 152 g/mol. The fourth-order valence-electron chi connectivity index (χ4n) is 0.215. The van der Waals surface area contributed by atoms with E-state index in [-0.39, 0.29) is 16.7 Å². The first-order chi connectivity index (χ1) is 3.66. The Labute approximate surface area is 58.2 Å². The van der Waals surface area contributed by atoms with Gasteiger partial charge in [0.1, 0.15) is 0 Å². The van der Waals surface area contributed by atoms with E-state index in [0.717, 1.165) is 0 Å². The van der Waals surface area contributed by atoms with Crippen LogP contribution in [0.4, 0.5) is 0 Å². The van der Waals surface area contributed by atoms with E-state index in [9.17, 15) is 4.79 Å². The zero-order valence-electron chi connectivity index (χ0n) is 4.40. The van der Waals surface area contributed by atoms with Crippen molar-refractivity contribution >= 4 is 34.0 Å². The van der Waals surface area contributed by atoms with Crippen molar-refractivity contribution in [2.75, 3.05) is 7.05 Å². The van der Waals surface area contributed by atoms with Gasteiger partial charge < -0.3 is 5.32 Å². The lowest BCUT2D eigenvalue weighted by Crippen LogP contribution is -2.18. The van der Waals surface area contributed by atoms with Crippen LogP contribution >= 0.6 is 23.8 Å². The number of halogens is 1. The van der Waals surface area contributed by atoms with Gasteiger partial charge in [-0.2, -0.15) is 0 Å². The summed E-state index contributed by atoms with van der Waals surface area (Å²) >= 11 is 9.66. The van der Waals surface area contributed by atoms with E-state index >= 15 is 0 Å². The summed E-state index contributed by atoms with van der Waals surface area (Å²) in [6.45, 7) is 0. The van der Waals surface area contributed by atoms with E-state index in [1.807, 2.05) is 0 Å². The lowest BCUT2D eigenvalue weighted by atomic mass is 10.5. The molecule has 0 aromatic carbocycles. The Kier molecular flexibility index (Phi) is 3.73. The third-order valence-electron chi connectivity index (χ3n) is 0.578. The van der Waals surface area contributed by atoms with E-state index in [2.05, 4.69) is 17.5 Å². The van der Waals surface area contributed by atoms with Crippen molar-refractivity contribution in [2.24, 2.45) is 0 Å². The standard InChI is InChI=1S/C4H6ClNOS/c1-6-4(7)2-3(5)8/h2H2,1H3,(H,6,7). The van der Waals surface area contributed by atoms with Crippen LogP contribution in [0.3, 0.4) is 0 Å².